The van der Waals surface area contributed by atoms with Crippen molar-refractivity contribution >= 4 is 44.4 Å². The molecule has 8 heteroatoms. The minimum Gasteiger partial charge on any atom is -0.598 e. The Kier molecular flexibility index (Phi) is 7.41. The second-order valence-electron chi connectivity index (χ2n) is 11.3. The van der Waals surface area contributed by atoms with E-state index in [1.807, 2.05) is 77.2 Å². The van der Waals surface area contributed by atoms with E-state index in [1.165, 1.54) is 0 Å². The number of ether oxygens (including phenoxy) is 2. The maximum absolute atomic E-state index is 13.2. The number of nitrogens with one attached hydrogen (secondary N) is 1. The van der Waals surface area contributed by atoms with E-state index in [0.29, 0.717) is 11.6 Å². The highest BCUT2D eigenvalue weighted by molar-refractivity contribution is 7.90. The lowest BCUT2D eigenvalue weighted by atomic mass is 9.96. The van der Waals surface area contributed by atoms with Gasteiger partial charge >= 0.3 is 0 Å². The maximum Gasteiger partial charge on any atom is 0.164 e. The zero-order valence-corrected chi connectivity index (χ0v) is 24.9. The largest absolute Gasteiger partial charge is 0.598 e. The molecule has 0 radical (unpaired) electrons. The third kappa shape index (κ3) is 5.52. The molecule has 0 spiro atoms. The third-order valence-electron chi connectivity index (χ3n) is 6.66. The van der Waals surface area contributed by atoms with Crippen molar-refractivity contribution in [1.82, 2.24) is 9.71 Å². The first-order chi connectivity index (χ1) is 17.9. The minimum atomic E-state index is -1.30. The van der Waals surface area contributed by atoms with Gasteiger partial charge in [-0.2, -0.15) is 0 Å². The number of thiophene rings is 1. The van der Waals surface area contributed by atoms with Crippen molar-refractivity contribution in [3.63, 3.8) is 0 Å². The first-order valence-electron chi connectivity index (χ1n) is 12.6. The predicted octanol–water partition coefficient (Wildman–Crippen LogP) is 7.76. The van der Waals surface area contributed by atoms with Gasteiger partial charge in [0.05, 0.1) is 12.3 Å². The van der Waals surface area contributed by atoms with Crippen molar-refractivity contribution in [1.29, 1.82) is 0 Å². The first kappa shape index (κ1) is 27.6. The monoisotopic (exact) mass is 568 g/mol. The quantitative estimate of drug-likeness (QED) is 0.241. The molecule has 0 saturated carbocycles. The molecule has 0 aliphatic carbocycles. The Morgan fingerprint density at radius 2 is 1.84 bits per heavy atom. The van der Waals surface area contributed by atoms with Crippen LogP contribution in [0.4, 0.5) is 0 Å². The molecule has 200 valence electrons. The van der Waals surface area contributed by atoms with Crippen LogP contribution < -0.4 is 4.72 Å². The molecule has 1 aliphatic heterocycles. The van der Waals surface area contributed by atoms with Gasteiger partial charge in [0.15, 0.2) is 5.79 Å². The smallest absolute Gasteiger partial charge is 0.164 e. The van der Waals surface area contributed by atoms with Gasteiger partial charge in [-0.3, -0.25) is 4.98 Å². The minimum absolute atomic E-state index is 0.321. The fraction of sp³-hybridized carbons (Fsp3) is 0.367. The molecule has 2 unspecified atom stereocenters. The molecule has 1 fully saturated rings. The number of rotatable bonds is 6. The van der Waals surface area contributed by atoms with Gasteiger partial charge in [-0.25, -0.2) is 0 Å². The molecular weight excluding hydrogens is 536 g/mol. The Balaban J connectivity index is 1.58. The van der Waals surface area contributed by atoms with Crippen molar-refractivity contribution < 1.29 is 14.0 Å². The fourth-order valence-corrected chi connectivity index (χ4v) is 7.05. The average Bonchev–Trinajstić information content (AvgIpc) is 3.42. The SMILES string of the molecule is CC1(C)OCC(C)(c2ccnc(-c3cccc4cc(C(N[S@@+]([O-])C(C)(C)C)c5ccccc5Cl)sc34)c2)O1. The summed E-state index contributed by atoms with van der Waals surface area (Å²) >= 11 is 7.01. The Morgan fingerprint density at radius 1 is 1.08 bits per heavy atom. The summed E-state index contributed by atoms with van der Waals surface area (Å²) in [5, 5.41) is 1.74. The third-order valence-corrected chi connectivity index (χ3v) is 9.81. The van der Waals surface area contributed by atoms with Gasteiger partial charge in [0.1, 0.15) is 16.4 Å². The number of aromatic nitrogens is 1. The van der Waals surface area contributed by atoms with Crippen molar-refractivity contribution in [2.24, 2.45) is 0 Å². The van der Waals surface area contributed by atoms with Crippen LogP contribution in [0.2, 0.25) is 5.02 Å². The zero-order valence-electron chi connectivity index (χ0n) is 22.5. The highest BCUT2D eigenvalue weighted by Crippen LogP contribution is 2.42. The van der Waals surface area contributed by atoms with E-state index in [1.54, 1.807) is 11.3 Å². The summed E-state index contributed by atoms with van der Waals surface area (Å²) in [7, 11) is 0. The zero-order chi connectivity index (χ0) is 27.3. The summed E-state index contributed by atoms with van der Waals surface area (Å²) in [6.07, 6.45) is 1.83. The predicted molar refractivity (Wildman–Crippen MR) is 158 cm³/mol. The second kappa shape index (κ2) is 10.2. The molecule has 38 heavy (non-hydrogen) atoms. The summed E-state index contributed by atoms with van der Waals surface area (Å²) in [6.45, 7) is 12.3. The van der Waals surface area contributed by atoms with Gasteiger partial charge in [-0.15, -0.1) is 16.1 Å². The normalized spacial score (nSPS) is 21.1. The van der Waals surface area contributed by atoms with Crippen LogP contribution in [-0.4, -0.2) is 26.7 Å². The molecule has 2 aromatic heterocycles. The van der Waals surface area contributed by atoms with Gasteiger partial charge in [-0.1, -0.05) is 48.0 Å². The molecule has 1 aliphatic rings. The van der Waals surface area contributed by atoms with E-state index in [2.05, 4.69) is 35.9 Å². The van der Waals surface area contributed by atoms with Crippen LogP contribution in [0.3, 0.4) is 0 Å². The molecule has 3 atom stereocenters. The Bertz CT molecular complexity index is 1470. The van der Waals surface area contributed by atoms with Crippen LogP contribution in [0.15, 0.2) is 66.9 Å². The van der Waals surface area contributed by atoms with Crippen LogP contribution in [-0.2, 0) is 26.4 Å². The Labute approximate surface area is 236 Å². The number of halogens is 1. The molecule has 2 aromatic carbocycles. The molecule has 3 heterocycles. The van der Waals surface area contributed by atoms with Gasteiger partial charge in [0.25, 0.3) is 0 Å². The van der Waals surface area contributed by atoms with Crippen LogP contribution in [0.25, 0.3) is 21.3 Å². The van der Waals surface area contributed by atoms with Crippen LogP contribution in [0.5, 0.6) is 0 Å². The molecule has 0 amide bonds. The number of nitrogens with zero attached hydrogens (tertiary/aromatic N) is 1. The lowest BCUT2D eigenvalue weighted by molar-refractivity contribution is -0.159. The van der Waals surface area contributed by atoms with Crippen molar-refractivity contribution in [2.45, 2.75) is 63.7 Å². The molecule has 0 bridgehead atoms. The van der Waals surface area contributed by atoms with Gasteiger partial charge < -0.3 is 14.0 Å². The van der Waals surface area contributed by atoms with Crippen molar-refractivity contribution in [3.8, 4) is 11.3 Å². The lowest BCUT2D eigenvalue weighted by Gasteiger charge is -2.28. The highest BCUT2D eigenvalue weighted by Gasteiger charge is 2.43. The summed E-state index contributed by atoms with van der Waals surface area (Å²) < 4.78 is 29.4. The van der Waals surface area contributed by atoms with Crippen LogP contribution >= 0.6 is 22.9 Å². The van der Waals surface area contributed by atoms with Gasteiger partial charge in [0.2, 0.25) is 0 Å². The van der Waals surface area contributed by atoms with E-state index in [0.717, 1.165) is 37.3 Å². The number of hydrogen-bond acceptors (Lipinski definition) is 6. The fourth-order valence-electron chi connectivity index (χ4n) is 4.66. The standard InChI is InChI=1S/C30H33ClN2O3S2/c1-28(2,3)38(34)33-26(21-11-7-8-13-23(21)31)25-16-19-10-9-12-22(27(19)37-25)24-17-20(14-15-32-24)30(6)18-35-29(4,5)36-30/h7-17,26,33H,18H2,1-6H3/t26?,30?,38-/m0/s1. The Morgan fingerprint density at radius 3 is 2.53 bits per heavy atom. The first-order valence-corrected chi connectivity index (χ1v) is 15.0. The number of pyridine rings is 1. The summed E-state index contributed by atoms with van der Waals surface area (Å²) in [5.41, 5.74) is 3.28. The molecular formula is C30H33ClN2O3S2. The molecule has 1 N–H and O–H groups in total. The van der Waals surface area contributed by atoms with Gasteiger partial charge in [0, 0.05) is 37.7 Å². The summed E-state index contributed by atoms with van der Waals surface area (Å²) in [4.78, 5) is 5.77. The topological polar surface area (TPSA) is 66.4 Å². The number of hydrogen-bond donors (Lipinski definition) is 1. The number of benzene rings is 2. The van der Waals surface area contributed by atoms with Crippen molar-refractivity contribution in [2.75, 3.05) is 6.61 Å². The molecule has 4 aromatic rings. The van der Waals surface area contributed by atoms with Crippen LogP contribution in [0, 0.1) is 0 Å². The molecule has 5 rings (SSSR count). The highest BCUT2D eigenvalue weighted by atomic mass is 35.5. The second-order valence-corrected chi connectivity index (χ2v) is 14.8. The Hall–Kier alpha value is -1.97. The van der Waals surface area contributed by atoms with E-state index < -0.39 is 27.5 Å². The summed E-state index contributed by atoms with van der Waals surface area (Å²) in [5.74, 6) is -0.630. The van der Waals surface area contributed by atoms with Crippen molar-refractivity contribution in [3.05, 3.63) is 87.9 Å². The maximum atomic E-state index is 13.2. The van der Waals surface area contributed by atoms with E-state index in [-0.39, 0.29) is 6.04 Å². The lowest BCUT2D eigenvalue weighted by Crippen LogP contribution is -2.41. The average molecular weight is 569 g/mol. The molecule has 1 saturated heterocycles. The van der Waals surface area contributed by atoms with E-state index in [4.69, 9.17) is 26.1 Å². The van der Waals surface area contributed by atoms with Crippen LogP contribution in [0.1, 0.15) is 63.6 Å². The number of fused-ring (bicyclic) bond motifs is 1. The summed E-state index contributed by atoms with van der Waals surface area (Å²) in [6, 6.07) is 19.9. The van der Waals surface area contributed by atoms with Gasteiger partial charge in [-0.05, 0) is 82.3 Å². The molecule has 5 nitrogen and oxygen atoms in total. The van der Waals surface area contributed by atoms with E-state index >= 15 is 0 Å². The van der Waals surface area contributed by atoms with E-state index in [9.17, 15) is 4.55 Å².